The maximum absolute atomic E-state index is 11.8. The van der Waals surface area contributed by atoms with Crippen LogP contribution in [0.15, 0.2) is 0 Å². The summed E-state index contributed by atoms with van der Waals surface area (Å²) in [5.41, 5.74) is -1.13. The Bertz CT molecular complexity index is 684. The van der Waals surface area contributed by atoms with Crippen molar-refractivity contribution in [2.45, 2.75) is 91.5 Å². The molecule has 0 aromatic carbocycles. The van der Waals surface area contributed by atoms with E-state index in [0.29, 0.717) is 25.9 Å². The van der Waals surface area contributed by atoms with Crippen molar-refractivity contribution < 1.29 is 28.9 Å². The zero-order valence-electron chi connectivity index (χ0n) is 21.6. The first-order valence-corrected chi connectivity index (χ1v) is 11.6. The van der Waals surface area contributed by atoms with Crippen molar-refractivity contribution in [2.75, 3.05) is 26.2 Å². The molecule has 2 rings (SSSR count). The van der Waals surface area contributed by atoms with Crippen molar-refractivity contribution in [1.29, 1.82) is 0 Å². The second kappa shape index (κ2) is 11.7. The highest BCUT2D eigenvalue weighted by Crippen LogP contribution is 2.22. The predicted octanol–water partition coefficient (Wildman–Crippen LogP) is 3.82. The summed E-state index contributed by atoms with van der Waals surface area (Å²) in [7, 11) is 0. The number of amides is 2. The molecule has 34 heavy (non-hydrogen) atoms. The number of nitro groups is 2. The van der Waals surface area contributed by atoms with Gasteiger partial charge < -0.3 is 19.3 Å². The zero-order chi connectivity index (χ0) is 26.4. The number of likely N-dealkylation sites (tertiary alicyclic amines) is 2. The molecule has 2 heterocycles. The second-order valence-corrected chi connectivity index (χ2v) is 11.1. The molecule has 0 aliphatic carbocycles. The zero-order valence-corrected chi connectivity index (χ0v) is 21.6. The average Bonchev–Trinajstić information content (AvgIpc) is 2.66. The van der Waals surface area contributed by atoms with Gasteiger partial charge in [-0.25, -0.2) is 9.59 Å². The molecule has 196 valence electrons. The van der Waals surface area contributed by atoms with Gasteiger partial charge in [-0.2, -0.15) is 0 Å². The molecule has 0 bridgehead atoms. The summed E-state index contributed by atoms with van der Waals surface area (Å²) in [5.74, 6) is 0.00683. The summed E-state index contributed by atoms with van der Waals surface area (Å²) in [6, 6.07) is -1.37. The third-order valence-corrected chi connectivity index (χ3v) is 5.68. The molecule has 2 amide bonds. The molecule has 0 saturated carbocycles. The van der Waals surface area contributed by atoms with E-state index in [1.165, 1.54) is 9.80 Å². The van der Waals surface area contributed by atoms with Crippen molar-refractivity contribution in [3.63, 3.8) is 0 Å². The van der Waals surface area contributed by atoms with Crippen LogP contribution < -0.4 is 0 Å². The Morgan fingerprint density at radius 1 is 0.735 bits per heavy atom. The van der Waals surface area contributed by atoms with Gasteiger partial charge in [0, 0.05) is 34.8 Å². The highest BCUT2D eigenvalue weighted by atomic mass is 16.6. The maximum Gasteiger partial charge on any atom is 0.410 e. The second-order valence-electron chi connectivity index (χ2n) is 11.1. The quantitative estimate of drug-likeness (QED) is 0.421. The molecule has 0 spiro atoms. The molecule has 0 aromatic heterocycles. The number of hydrogen-bond donors (Lipinski definition) is 0. The Balaban J connectivity index is 0.000000340. The topological polar surface area (TPSA) is 145 Å². The molecule has 12 nitrogen and oxygen atoms in total. The first-order chi connectivity index (χ1) is 15.4. The van der Waals surface area contributed by atoms with Crippen molar-refractivity contribution in [1.82, 2.24) is 9.80 Å². The van der Waals surface area contributed by atoms with Crippen molar-refractivity contribution in [3.8, 4) is 0 Å². The Kier molecular flexibility index (Phi) is 10.1. The van der Waals surface area contributed by atoms with E-state index in [-0.39, 0.29) is 34.8 Å². The lowest BCUT2D eigenvalue weighted by Crippen LogP contribution is -2.50. The van der Waals surface area contributed by atoms with Crippen LogP contribution in [0, 0.1) is 32.1 Å². The van der Waals surface area contributed by atoms with Crippen LogP contribution in [0.5, 0.6) is 0 Å². The van der Waals surface area contributed by atoms with Gasteiger partial charge in [0.05, 0.1) is 13.1 Å². The number of ether oxygens (including phenoxy) is 2. The maximum atomic E-state index is 11.8. The monoisotopic (exact) mass is 488 g/mol. The third-order valence-electron chi connectivity index (χ3n) is 5.68. The average molecular weight is 489 g/mol. The standard InChI is InChI=1S/2C11H20N2O4/c2*1-8-5-6-12(7-9(8)13(15)16)10(14)17-11(2,3)4/h2*8-9H,5-7H2,1-4H3/t2*8-,9-/m10/s1. The minimum atomic E-state index is -0.684. The van der Waals surface area contributed by atoms with E-state index in [1.807, 2.05) is 13.8 Å². The van der Waals surface area contributed by atoms with Crippen LogP contribution in [0.2, 0.25) is 0 Å². The lowest BCUT2D eigenvalue weighted by atomic mass is 9.94. The fourth-order valence-corrected chi connectivity index (χ4v) is 3.63. The first-order valence-electron chi connectivity index (χ1n) is 11.6. The smallest absolute Gasteiger partial charge is 0.410 e. The number of carbonyl (C=O) groups is 2. The minimum absolute atomic E-state index is 0.00341. The first kappa shape index (κ1) is 29.4. The summed E-state index contributed by atoms with van der Waals surface area (Å²) in [5, 5.41) is 21.7. The van der Waals surface area contributed by atoms with Crippen LogP contribution >= 0.6 is 0 Å². The number of nitrogens with zero attached hydrogens (tertiary/aromatic N) is 4. The van der Waals surface area contributed by atoms with Gasteiger partial charge in [0.1, 0.15) is 11.2 Å². The fraction of sp³-hybridized carbons (Fsp3) is 0.909. The van der Waals surface area contributed by atoms with E-state index >= 15 is 0 Å². The van der Waals surface area contributed by atoms with Crippen molar-refractivity contribution >= 4 is 12.2 Å². The van der Waals surface area contributed by atoms with Crippen molar-refractivity contribution in [2.24, 2.45) is 11.8 Å². The predicted molar refractivity (Wildman–Crippen MR) is 125 cm³/mol. The van der Waals surface area contributed by atoms with Gasteiger partial charge in [-0.1, -0.05) is 13.8 Å². The molecule has 2 aliphatic rings. The van der Waals surface area contributed by atoms with Gasteiger partial charge in [-0.3, -0.25) is 20.2 Å². The SMILES string of the molecule is C[C@@H]1CCN(C(=O)OC(C)(C)C)C[C@H]1[N+](=O)[O-].C[C@H]1CCN(C(=O)OC(C)(C)C)C[C@@H]1[N+](=O)[O-]. The third kappa shape index (κ3) is 9.68. The number of hydrogen-bond acceptors (Lipinski definition) is 8. The highest BCUT2D eigenvalue weighted by Gasteiger charge is 2.39. The molecule has 0 aromatic rings. The van der Waals surface area contributed by atoms with E-state index in [0.717, 1.165) is 0 Å². The van der Waals surface area contributed by atoms with Gasteiger partial charge in [-0.05, 0) is 54.4 Å². The van der Waals surface area contributed by atoms with Crippen molar-refractivity contribution in [3.05, 3.63) is 20.2 Å². The van der Waals surface area contributed by atoms with E-state index in [1.54, 1.807) is 41.5 Å². The van der Waals surface area contributed by atoms with Gasteiger partial charge in [0.25, 0.3) is 0 Å². The summed E-state index contributed by atoms with van der Waals surface area (Å²) in [6.07, 6.45) is 0.364. The molecule has 2 saturated heterocycles. The fourth-order valence-electron chi connectivity index (χ4n) is 3.63. The molecular weight excluding hydrogens is 448 g/mol. The van der Waals surface area contributed by atoms with Gasteiger partial charge >= 0.3 is 12.2 Å². The Morgan fingerprint density at radius 2 is 1.03 bits per heavy atom. The van der Waals surface area contributed by atoms with Crippen LogP contribution in [0.25, 0.3) is 0 Å². The minimum Gasteiger partial charge on any atom is -0.444 e. The molecule has 2 fully saturated rings. The van der Waals surface area contributed by atoms with E-state index in [2.05, 4.69) is 0 Å². The summed E-state index contributed by atoms with van der Waals surface area (Å²) in [6.45, 7) is 15.7. The molecule has 2 aliphatic heterocycles. The van der Waals surface area contributed by atoms with Crippen LogP contribution in [0.4, 0.5) is 9.59 Å². The molecule has 0 N–H and O–H groups in total. The Labute approximate surface area is 201 Å². The molecular formula is C22H40N4O8. The Morgan fingerprint density at radius 3 is 1.26 bits per heavy atom. The molecule has 0 unspecified atom stereocenters. The molecule has 4 atom stereocenters. The lowest BCUT2D eigenvalue weighted by molar-refractivity contribution is -0.534. The van der Waals surface area contributed by atoms with Crippen LogP contribution in [-0.2, 0) is 9.47 Å². The summed E-state index contributed by atoms with van der Waals surface area (Å²) in [4.78, 5) is 47.5. The van der Waals surface area contributed by atoms with Crippen LogP contribution in [0.3, 0.4) is 0 Å². The van der Waals surface area contributed by atoms with E-state index < -0.39 is 35.5 Å². The normalized spacial score (nSPS) is 25.5. The van der Waals surface area contributed by atoms with E-state index in [4.69, 9.17) is 9.47 Å². The van der Waals surface area contributed by atoms with Gasteiger partial charge in [0.15, 0.2) is 0 Å². The van der Waals surface area contributed by atoms with E-state index in [9.17, 15) is 29.8 Å². The molecule has 12 heteroatoms. The Hall–Kier alpha value is -2.66. The number of carbonyl (C=O) groups excluding carboxylic acids is 2. The summed E-state index contributed by atoms with van der Waals surface area (Å²) < 4.78 is 10.4. The lowest BCUT2D eigenvalue weighted by Gasteiger charge is -2.33. The molecule has 0 radical (unpaired) electrons. The number of rotatable bonds is 2. The highest BCUT2D eigenvalue weighted by molar-refractivity contribution is 5.68. The largest absolute Gasteiger partial charge is 0.444 e. The number of piperidine rings is 2. The van der Waals surface area contributed by atoms with Crippen LogP contribution in [0.1, 0.15) is 68.2 Å². The summed E-state index contributed by atoms with van der Waals surface area (Å²) >= 11 is 0. The van der Waals surface area contributed by atoms with Gasteiger partial charge in [-0.15, -0.1) is 0 Å². The van der Waals surface area contributed by atoms with Crippen LogP contribution in [-0.4, -0.2) is 81.3 Å². The van der Waals surface area contributed by atoms with Gasteiger partial charge in [0.2, 0.25) is 12.1 Å².